The maximum Gasteiger partial charge on any atom is 0.00401 e. The maximum atomic E-state index is 3.08. The average Bonchev–Trinajstić information content (AvgIpc) is 2.11. The fourth-order valence-electron chi connectivity index (χ4n) is 1.33. The summed E-state index contributed by atoms with van der Waals surface area (Å²) in [5, 5.41) is 0. The third kappa shape index (κ3) is 0.766. The molecule has 0 bridgehead atoms. The Morgan fingerprint density at radius 3 is 2.78 bits per heavy atom. The van der Waals surface area contributed by atoms with Crippen LogP contribution in [0.1, 0.15) is 30.7 Å². The van der Waals surface area contributed by atoms with E-state index in [0.29, 0.717) is 0 Å². The van der Waals surface area contributed by atoms with Crippen LogP contribution in [0.2, 0.25) is 0 Å². The molecule has 1 aliphatic rings. The van der Waals surface area contributed by atoms with Gasteiger partial charge in [-0.2, -0.15) is 0 Å². The van der Waals surface area contributed by atoms with Crippen LogP contribution in [0.15, 0.2) is 18.5 Å². The van der Waals surface area contributed by atoms with Crippen molar-refractivity contribution in [2.24, 2.45) is 0 Å². The molecule has 1 heterocycles. The van der Waals surface area contributed by atoms with Gasteiger partial charge in [0.25, 0.3) is 0 Å². The van der Waals surface area contributed by atoms with Gasteiger partial charge < -0.3 is 4.98 Å². The van der Waals surface area contributed by atoms with Crippen LogP contribution >= 0.6 is 0 Å². The van der Waals surface area contributed by atoms with Crippen molar-refractivity contribution in [2.45, 2.75) is 25.2 Å². The molecule has 1 N–H and O–H groups in total. The second-order valence-corrected chi connectivity index (χ2v) is 2.77. The van der Waals surface area contributed by atoms with Gasteiger partial charge in [0.15, 0.2) is 0 Å². The molecule has 1 nitrogen and oxygen atoms in total. The fourth-order valence-corrected chi connectivity index (χ4v) is 1.33. The Balaban J connectivity index is 2.14. The van der Waals surface area contributed by atoms with Gasteiger partial charge in [-0.1, -0.05) is 6.42 Å². The summed E-state index contributed by atoms with van der Waals surface area (Å²) in [4.78, 5) is 3.08. The second kappa shape index (κ2) is 1.90. The summed E-state index contributed by atoms with van der Waals surface area (Å²) in [6, 6.07) is 2.18. The van der Waals surface area contributed by atoms with Crippen LogP contribution in [0.25, 0.3) is 0 Å². The van der Waals surface area contributed by atoms with Gasteiger partial charge in [0.2, 0.25) is 0 Å². The Labute approximate surface area is 55.1 Å². The number of hydrogen-bond acceptors (Lipinski definition) is 0. The predicted molar refractivity (Wildman–Crippen MR) is 37.4 cm³/mol. The highest BCUT2D eigenvalue weighted by molar-refractivity contribution is 5.16. The SMILES string of the molecule is c1cc(C2CCC2)c[nH]1. The van der Waals surface area contributed by atoms with Crippen molar-refractivity contribution in [1.29, 1.82) is 0 Å². The van der Waals surface area contributed by atoms with Crippen molar-refractivity contribution >= 4 is 0 Å². The van der Waals surface area contributed by atoms with Crippen molar-refractivity contribution in [3.8, 4) is 0 Å². The smallest absolute Gasteiger partial charge is 0.00401 e. The molecule has 1 aromatic rings. The highest BCUT2D eigenvalue weighted by atomic mass is 14.6. The van der Waals surface area contributed by atoms with Gasteiger partial charge >= 0.3 is 0 Å². The lowest BCUT2D eigenvalue weighted by Crippen LogP contribution is -2.07. The van der Waals surface area contributed by atoms with Gasteiger partial charge in [-0.05, 0) is 30.4 Å². The Morgan fingerprint density at radius 1 is 1.44 bits per heavy atom. The number of hydrogen-bond donors (Lipinski definition) is 1. The molecule has 0 unspecified atom stereocenters. The van der Waals surface area contributed by atoms with E-state index in [1.165, 1.54) is 24.8 Å². The molecule has 0 saturated heterocycles. The highest BCUT2D eigenvalue weighted by Crippen LogP contribution is 2.35. The molecule has 0 amide bonds. The molecule has 0 aliphatic heterocycles. The molecule has 0 aromatic carbocycles. The fraction of sp³-hybridized carbons (Fsp3) is 0.500. The van der Waals surface area contributed by atoms with Crippen LogP contribution in [0.3, 0.4) is 0 Å². The first kappa shape index (κ1) is 5.10. The first-order valence-corrected chi connectivity index (χ1v) is 3.59. The van der Waals surface area contributed by atoms with E-state index in [-0.39, 0.29) is 0 Å². The number of rotatable bonds is 1. The summed E-state index contributed by atoms with van der Waals surface area (Å²) in [5.41, 5.74) is 1.50. The molecule has 1 fully saturated rings. The quantitative estimate of drug-likeness (QED) is 0.586. The Hall–Kier alpha value is -0.720. The highest BCUT2D eigenvalue weighted by Gasteiger charge is 2.18. The van der Waals surface area contributed by atoms with E-state index < -0.39 is 0 Å². The normalized spacial score (nSPS) is 19.6. The van der Waals surface area contributed by atoms with E-state index in [9.17, 15) is 0 Å². The minimum Gasteiger partial charge on any atom is -0.367 e. The lowest BCUT2D eigenvalue weighted by atomic mass is 9.81. The molecule has 1 saturated carbocycles. The summed E-state index contributed by atoms with van der Waals surface area (Å²) >= 11 is 0. The van der Waals surface area contributed by atoms with E-state index in [1.54, 1.807) is 0 Å². The molecular weight excluding hydrogens is 110 g/mol. The van der Waals surface area contributed by atoms with Crippen molar-refractivity contribution < 1.29 is 0 Å². The molecule has 1 aliphatic carbocycles. The molecule has 2 rings (SSSR count). The summed E-state index contributed by atoms with van der Waals surface area (Å²) in [5.74, 6) is 0.885. The van der Waals surface area contributed by atoms with Crippen LogP contribution in [-0.4, -0.2) is 4.98 Å². The van der Waals surface area contributed by atoms with Gasteiger partial charge in [0.05, 0.1) is 0 Å². The number of aromatic amines is 1. The number of nitrogens with one attached hydrogen (secondary N) is 1. The summed E-state index contributed by atoms with van der Waals surface area (Å²) in [6.45, 7) is 0. The van der Waals surface area contributed by atoms with Crippen LogP contribution in [0, 0.1) is 0 Å². The van der Waals surface area contributed by atoms with Gasteiger partial charge in [0.1, 0.15) is 0 Å². The van der Waals surface area contributed by atoms with Gasteiger partial charge in [-0.15, -0.1) is 0 Å². The van der Waals surface area contributed by atoms with Crippen LogP contribution in [0.5, 0.6) is 0 Å². The Morgan fingerprint density at radius 2 is 2.33 bits per heavy atom. The molecule has 1 heteroatoms. The van der Waals surface area contributed by atoms with E-state index in [0.717, 1.165) is 5.92 Å². The van der Waals surface area contributed by atoms with E-state index in [4.69, 9.17) is 0 Å². The molecule has 0 radical (unpaired) electrons. The summed E-state index contributed by atoms with van der Waals surface area (Å²) in [6.07, 6.45) is 8.35. The van der Waals surface area contributed by atoms with Crippen molar-refractivity contribution in [2.75, 3.05) is 0 Å². The average molecular weight is 121 g/mol. The molecule has 1 aromatic heterocycles. The van der Waals surface area contributed by atoms with Crippen molar-refractivity contribution in [1.82, 2.24) is 4.98 Å². The minimum atomic E-state index is 0.885. The monoisotopic (exact) mass is 121 g/mol. The van der Waals surface area contributed by atoms with Gasteiger partial charge in [0, 0.05) is 12.4 Å². The van der Waals surface area contributed by atoms with Crippen molar-refractivity contribution in [3.05, 3.63) is 24.0 Å². The summed E-state index contributed by atoms with van der Waals surface area (Å²) < 4.78 is 0. The Bertz CT molecular complexity index is 172. The van der Waals surface area contributed by atoms with Crippen LogP contribution in [-0.2, 0) is 0 Å². The number of aromatic nitrogens is 1. The lowest BCUT2D eigenvalue weighted by molar-refractivity contribution is 0.420. The van der Waals surface area contributed by atoms with E-state index >= 15 is 0 Å². The molecule has 0 atom stereocenters. The van der Waals surface area contributed by atoms with Crippen LogP contribution in [0.4, 0.5) is 0 Å². The van der Waals surface area contributed by atoms with Crippen LogP contribution < -0.4 is 0 Å². The maximum absolute atomic E-state index is 3.08. The standard InChI is InChI=1S/C8H11N/c1-2-7(3-1)8-4-5-9-6-8/h4-7,9H,1-3H2. The Kier molecular flexibility index (Phi) is 1.08. The predicted octanol–water partition coefficient (Wildman–Crippen LogP) is 2.28. The topological polar surface area (TPSA) is 15.8 Å². The zero-order valence-corrected chi connectivity index (χ0v) is 5.43. The first-order valence-electron chi connectivity index (χ1n) is 3.59. The molecule has 48 valence electrons. The van der Waals surface area contributed by atoms with Gasteiger partial charge in [-0.25, -0.2) is 0 Å². The van der Waals surface area contributed by atoms with Crippen molar-refractivity contribution in [3.63, 3.8) is 0 Å². The third-order valence-electron chi connectivity index (χ3n) is 2.20. The molecular formula is C8H11N. The third-order valence-corrected chi connectivity index (χ3v) is 2.20. The zero-order valence-electron chi connectivity index (χ0n) is 5.43. The minimum absolute atomic E-state index is 0.885. The first-order chi connectivity index (χ1) is 4.47. The zero-order chi connectivity index (χ0) is 6.10. The van der Waals surface area contributed by atoms with E-state index in [2.05, 4.69) is 17.2 Å². The summed E-state index contributed by atoms with van der Waals surface area (Å²) in [7, 11) is 0. The van der Waals surface area contributed by atoms with E-state index in [1.807, 2.05) is 6.20 Å². The molecule has 0 spiro atoms. The second-order valence-electron chi connectivity index (χ2n) is 2.77. The number of H-pyrrole nitrogens is 1. The lowest BCUT2D eigenvalue weighted by Gasteiger charge is -2.23. The van der Waals surface area contributed by atoms with Gasteiger partial charge in [-0.3, -0.25) is 0 Å². The molecule has 9 heavy (non-hydrogen) atoms. The largest absolute Gasteiger partial charge is 0.367 e.